The number of aromatic amines is 1. The van der Waals surface area contributed by atoms with Crippen molar-refractivity contribution >= 4 is 29.2 Å². The van der Waals surface area contributed by atoms with Gasteiger partial charge in [0.05, 0.1) is 30.0 Å². The van der Waals surface area contributed by atoms with Crippen LogP contribution in [0.2, 0.25) is 0 Å². The number of anilines is 1. The summed E-state index contributed by atoms with van der Waals surface area (Å²) in [4.78, 5) is 29.1. The molecule has 37 heavy (non-hydrogen) atoms. The molecule has 0 bridgehead atoms. The number of aryl methyl sites for hydroxylation is 1. The number of hydrogen-bond donors (Lipinski definition) is 4. The quantitative estimate of drug-likeness (QED) is 0.290. The fraction of sp³-hybridized carbons (Fsp3) is 0.185. The number of benzene rings is 2. The highest BCUT2D eigenvalue weighted by Crippen LogP contribution is 2.40. The van der Waals surface area contributed by atoms with Crippen molar-refractivity contribution in [2.45, 2.75) is 26.5 Å². The highest BCUT2D eigenvalue weighted by atomic mass is 19.1. The highest BCUT2D eigenvalue weighted by molar-refractivity contribution is 6.36. The van der Waals surface area contributed by atoms with Crippen LogP contribution < -0.4 is 10.6 Å². The van der Waals surface area contributed by atoms with Gasteiger partial charge in [0.1, 0.15) is 5.82 Å². The largest absolute Gasteiger partial charge is 0.389 e. The van der Waals surface area contributed by atoms with Gasteiger partial charge < -0.3 is 20.7 Å². The molecule has 4 aromatic rings. The van der Waals surface area contributed by atoms with Gasteiger partial charge in [-0.2, -0.15) is 0 Å². The standard InChI is InChI=1S/C27H25FN6O3/c1-15-23(31-16(2)24(15)27(37)29-13-19(35)14-34-10-9-30-33-34)12-21-25-20(17-5-3-6-18(28)11-17)7-4-8-22(25)32-26(21)36/h3-12,19,31,35H,13-14H2,1-2H3,(H,29,37)(H,32,36)/b21-12-. The lowest BCUT2D eigenvalue weighted by Crippen LogP contribution is -2.35. The Balaban J connectivity index is 1.43. The molecule has 0 saturated carbocycles. The minimum atomic E-state index is -0.841. The van der Waals surface area contributed by atoms with Gasteiger partial charge in [-0.1, -0.05) is 29.5 Å². The Kier molecular flexibility index (Phi) is 6.41. The summed E-state index contributed by atoms with van der Waals surface area (Å²) in [5.41, 5.74) is 5.45. The highest BCUT2D eigenvalue weighted by Gasteiger charge is 2.28. The van der Waals surface area contributed by atoms with Crippen LogP contribution in [0.5, 0.6) is 0 Å². The number of nitrogens with one attached hydrogen (secondary N) is 3. The second-order valence-electron chi connectivity index (χ2n) is 8.90. The summed E-state index contributed by atoms with van der Waals surface area (Å²) in [5, 5.41) is 23.3. The molecule has 1 unspecified atom stereocenters. The number of nitrogens with zero attached hydrogens (tertiary/aromatic N) is 3. The molecule has 1 aliphatic heterocycles. The van der Waals surface area contributed by atoms with Crippen molar-refractivity contribution in [3.63, 3.8) is 0 Å². The van der Waals surface area contributed by atoms with Crippen molar-refractivity contribution in [2.24, 2.45) is 0 Å². The van der Waals surface area contributed by atoms with Gasteiger partial charge in [0, 0.05) is 35.4 Å². The Morgan fingerprint density at radius 3 is 2.81 bits per heavy atom. The molecule has 1 aliphatic rings. The third-order valence-electron chi connectivity index (χ3n) is 6.32. The zero-order chi connectivity index (χ0) is 26.1. The van der Waals surface area contributed by atoms with Gasteiger partial charge in [-0.25, -0.2) is 9.07 Å². The van der Waals surface area contributed by atoms with Crippen molar-refractivity contribution < 1.29 is 19.1 Å². The van der Waals surface area contributed by atoms with E-state index in [2.05, 4.69) is 25.9 Å². The van der Waals surface area contributed by atoms with Crippen molar-refractivity contribution in [1.82, 2.24) is 25.3 Å². The first-order valence-electron chi connectivity index (χ1n) is 11.7. The van der Waals surface area contributed by atoms with E-state index in [9.17, 15) is 19.1 Å². The topological polar surface area (TPSA) is 125 Å². The lowest BCUT2D eigenvalue weighted by atomic mass is 9.94. The molecule has 0 aliphatic carbocycles. The first-order valence-corrected chi connectivity index (χ1v) is 11.7. The zero-order valence-corrected chi connectivity index (χ0v) is 20.2. The van der Waals surface area contributed by atoms with Crippen LogP contribution in [-0.4, -0.2) is 49.5 Å². The van der Waals surface area contributed by atoms with Gasteiger partial charge >= 0.3 is 0 Å². The van der Waals surface area contributed by atoms with Crippen molar-refractivity contribution in [2.75, 3.05) is 11.9 Å². The molecular formula is C27H25FN6O3. The van der Waals surface area contributed by atoms with Crippen LogP contribution >= 0.6 is 0 Å². The number of rotatable bonds is 7. The molecule has 0 spiro atoms. The van der Waals surface area contributed by atoms with Crippen LogP contribution in [0, 0.1) is 19.7 Å². The van der Waals surface area contributed by atoms with Crippen molar-refractivity contribution in [3.8, 4) is 11.1 Å². The lowest BCUT2D eigenvalue weighted by Gasteiger charge is -2.12. The number of fused-ring (bicyclic) bond motifs is 1. The van der Waals surface area contributed by atoms with Crippen LogP contribution in [-0.2, 0) is 11.3 Å². The molecule has 9 nitrogen and oxygen atoms in total. The normalized spacial score (nSPS) is 14.5. The molecule has 2 amide bonds. The van der Waals surface area contributed by atoms with E-state index in [1.165, 1.54) is 23.0 Å². The molecule has 10 heteroatoms. The molecule has 0 radical (unpaired) electrons. The summed E-state index contributed by atoms with van der Waals surface area (Å²) < 4.78 is 15.4. The fourth-order valence-corrected chi connectivity index (χ4v) is 4.60. The van der Waals surface area contributed by atoms with Gasteiger partial charge in [-0.15, -0.1) is 5.10 Å². The third-order valence-corrected chi connectivity index (χ3v) is 6.32. The first-order chi connectivity index (χ1) is 17.8. The molecule has 1 atom stereocenters. The van der Waals surface area contributed by atoms with E-state index < -0.39 is 6.10 Å². The molecule has 5 rings (SSSR count). The van der Waals surface area contributed by atoms with Crippen LogP contribution in [0.3, 0.4) is 0 Å². The van der Waals surface area contributed by atoms with E-state index in [1.807, 2.05) is 12.1 Å². The number of amides is 2. The molecular weight excluding hydrogens is 475 g/mol. The molecule has 0 fully saturated rings. The zero-order valence-electron chi connectivity index (χ0n) is 20.2. The van der Waals surface area contributed by atoms with E-state index in [0.717, 1.165) is 5.56 Å². The van der Waals surface area contributed by atoms with Gasteiger partial charge in [0.15, 0.2) is 0 Å². The minimum absolute atomic E-state index is 0.0337. The van der Waals surface area contributed by atoms with Crippen molar-refractivity contribution in [1.29, 1.82) is 0 Å². The van der Waals surface area contributed by atoms with Crippen LogP contribution in [0.25, 0.3) is 22.8 Å². The Hall–Kier alpha value is -4.57. The SMILES string of the molecule is Cc1[nH]c(/C=C2\C(=O)Nc3cccc(-c4cccc(F)c4)c32)c(C)c1C(=O)NCC(O)Cn1ccnn1. The monoisotopic (exact) mass is 500 g/mol. The summed E-state index contributed by atoms with van der Waals surface area (Å²) >= 11 is 0. The molecule has 3 heterocycles. The number of aliphatic hydroxyl groups is 1. The van der Waals surface area contributed by atoms with Gasteiger partial charge in [-0.05, 0) is 54.8 Å². The molecule has 188 valence electrons. The Morgan fingerprint density at radius 2 is 2.05 bits per heavy atom. The number of H-pyrrole nitrogens is 1. The molecule has 2 aromatic carbocycles. The van der Waals surface area contributed by atoms with Gasteiger partial charge in [0.25, 0.3) is 11.8 Å². The summed E-state index contributed by atoms with van der Waals surface area (Å²) in [6.07, 6.45) is 4.01. The summed E-state index contributed by atoms with van der Waals surface area (Å²) in [7, 11) is 0. The van der Waals surface area contributed by atoms with E-state index >= 15 is 0 Å². The Morgan fingerprint density at radius 1 is 1.24 bits per heavy atom. The predicted octanol–water partition coefficient (Wildman–Crippen LogP) is 3.31. The number of halogens is 1. The number of hydrogen-bond acceptors (Lipinski definition) is 5. The maximum absolute atomic E-state index is 13.9. The third kappa shape index (κ3) is 4.78. The van der Waals surface area contributed by atoms with Crippen molar-refractivity contribution in [3.05, 3.63) is 88.8 Å². The second-order valence-corrected chi connectivity index (χ2v) is 8.90. The number of aromatic nitrogens is 4. The van der Waals surface area contributed by atoms with E-state index in [0.29, 0.717) is 44.9 Å². The summed E-state index contributed by atoms with van der Waals surface area (Å²) in [6, 6.07) is 11.7. The first kappa shape index (κ1) is 24.1. The predicted molar refractivity (Wildman–Crippen MR) is 137 cm³/mol. The van der Waals surface area contributed by atoms with Crippen LogP contribution in [0.15, 0.2) is 54.9 Å². The van der Waals surface area contributed by atoms with Crippen LogP contribution in [0.1, 0.15) is 32.9 Å². The number of carbonyl (C=O) groups excluding carboxylic acids is 2. The summed E-state index contributed by atoms with van der Waals surface area (Å²) in [6.45, 7) is 3.80. The summed E-state index contributed by atoms with van der Waals surface area (Å²) in [5.74, 6) is -0.992. The molecule has 0 saturated heterocycles. The Labute approximate surface area is 212 Å². The molecule has 4 N–H and O–H groups in total. The van der Waals surface area contributed by atoms with Crippen LogP contribution in [0.4, 0.5) is 10.1 Å². The van der Waals surface area contributed by atoms with E-state index in [4.69, 9.17) is 0 Å². The Bertz CT molecular complexity index is 1520. The number of carbonyl (C=O) groups is 2. The van der Waals surface area contributed by atoms with E-state index in [-0.39, 0.29) is 30.7 Å². The smallest absolute Gasteiger partial charge is 0.256 e. The maximum Gasteiger partial charge on any atom is 0.256 e. The average molecular weight is 501 g/mol. The second kappa shape index (κ2) is 9.82. The maximum atomic E-state index is 13.9. The number of aliphatic hydroxyl groups excluding tert-OH is 1. The molecule has 2 aromatic heterocycles. The lowest BCUT2D eigenvalue weighted by molar-refractivity contribution is -0.110. The van der Waals surface area contributed by atoms with E-state index in [1.54, 1.807) is 44.3 Å². The average Bonchev–Trinajstić information content (AvgIpc) is 3.56. The minimum Gasteiger partial charge on any atom is -0.389 e. The van der Waals surface area contributed by atoms with Gasteiger partial charge in [0.2, 0.25) is 0 Å². The van der Waals surface area contributed by atoms with Gasteiger partial charge in [-0.3, -0.25) is 9.59 Å². The fourth-order valence-electron chi connectivity index (χ4n) is 4.60.